The molecule has 0 bridgehead atoms. The van der Waals surface area contributed by atoms with Gasteiger partial charge in [0, 0.05) is 23.0 Å². The van der Waals surface area contributed by atoms with Crippen molar-refractivity contribution in [1.82, 2.24) is 4.98 Å². The third-order valence-corrected chi connectivity index (χ3v) is 3.16. The Kier molecular flexibility index (Phi) is 2.87. The first-order valence-corrected chi connectivity index (χ1v) is 6.00. The normalized spacial score (nSPS) is 10.9. The van der Waals surface area contributed by atoms with Gasteiger partial charge in [0.1, 0.15) is 11.6 Å². The molecule has 0 unspecified atom stereocenters. The van der Waals surface area contributed by atoms with E-state index in [2.05, 4.69) is 10.3 Å². The Balaban J connectivity index is 2.03. The molecule has 3 rings (SSSR count). The van der Waals surface area contributed by atoms with Gasteiger partial charge in [0.2, 0.25) is 0 Å². The van der Waals surface area contributed by atoms with Gasteiger partial charge in [-0.3, -0.25) is 0 Å². The zero-order chi connectivity index (χ0) is 13.4. The molecular formula is C14H9ClF2N2. The summed E-state index contributed by atoms with van der Waals surface area (Å²) in [5, 5.41) is 3.85. The van der Waals surface area contributed by atoms with Crippen molar-refractivity contribution in [2.75, 3.05) is 5.32 Å². The highest BCUT2D eigenvalue weighted by Gasteiger charge is 2.08. The summed E-state index contributed by atoms with van der Waals surface area (Å²) in [7, 11) is 0. The van der Waals surface area contributed by atoms with E-state index in [4.69, 9.17) is 11.6 Å². The molecule has 0 atom stereocenters. The first kappa shape index (κ1) is 12.0. The Bertz CT molecular complexity index is 752. The van der Waals surface area contributed by atoms with Crippen LogP contribution in [0.15, 0.2) is 42.6 Å². The largest absolute Gasteiger partial charge is 0.359 e. The summed E-state index contributed by atoms with van der Waals surface area (Å²) in [6, 6.07) is 9.10. The number of anilines is 2. The van der Waals surface area contributed by atoms with Crippen molar-refractivity contribution in [2.24, 2.45) is 0 Å². The second-order valence-electron chi connectivity index (χ2n) is 4.12. The van der Waals surface area contributed by atoms with E-state index in [0.29, 0.717) is 11.2 Å². The molecule has 2 nitrogen and oxygen atoms in total. The highest BCUT2D eigenvalue weighted by Crippen LogP contribution is 2.29. The Morgan fingerprint density at radius 3 is 2.58 bits per heavy atom. The number of hydrogen-bond acceptors (Lipinski definition) is 1. The number of hydrogen-bond donors (Lipinski definition) is 2. The van der Waals surface area contributed by atoms with Gasteiger partial charge in [-0.2, -0.15) is 0 Å². The molecular weight excluding hydrogens is 270 g/mol. The molecule has 2 aromatic carbocycles. The minimum Gasteiger partial charge on any atom is -0.359 e. The van der Waals surface area contributed by atoms with E-state index in [9.17, 15) is 8.78 Å². The number of fused-ring (bicyclic) bond motifs is 1. The van der Waals surface area contributed by atoms with Crippen LogP contribution in [0, 0.1) is 11.6 Å². The van der Waals surface area contributed by atoms with Crippen molar-refractivity contribution >= 4 is 33.9 Å². The summed E-state index contributed by atoms with van der Waals surface area (Å²) in [5.74, 6) is -0.791. The lowest BCUT2D eigenvalue weighted by atomic mass is 10.2. The number of aromatic nitrogens is 1. The van der Waals surface area contributed by atoms with Crippen LogP contribution in [0.4, 0.5) is 20.2 Å². The molecule has 0 saturated carbocycles. The highest BCUT2D eigenvalue weighted by atomic mass is 35.5. The van der Waals surface area contributed by atoms with Crippen LogP contribution in [0.1, 0.15) is 0 Å². The van der Waals surface area contributed by atoms with Crippen molar-refractivity contribution in [3.05, 3.63) is 59.3 Å². The molecule has 0 spiro atoms. The number of benzene rings is 2. The van der Waals surface area contributed by atoms with E-state index < -0.39 is 5.82 Å². The molecule has 0 saturated heterocycles. The van der Waals surface area contributed by atoms with Crippen molar-refractivity contribution in [2.45, 2.75) is 0 Å². The molecule has 1 heterocycles. The topological polar surface area (TPSA) is 27.8 Å². The SMILES string of the molecule is Fc1ccc(Nc2ccc(F)c3[nH]ccc23)cc1Cl. The number of rotatable bonds is 2. The van der Waals surface area contributed by atoms with Crippen LogP contribution in [-0.4, -0.2) is 4.98 Å². The number of H-pyrrole nitrogens is 1. The molecule has 1 aromatic heterocycles. The van der Waals surface area contributed by atoms with Gasteiger partial charge in [-0.15, -0.1) is 0 Å². The molecule has 5 heteroatoms. The average Bonchev–Trinajstić information content (AvgIpc) is 2.87. The zero-order valence-electron chi connectivity index (χ0n) is 9.68. The van der Waals surface area contributed by atoms with Gasteiger partial charge in [-0.25, -0.2) is 8.78 Å². The predicted molar refractivity (Wildman–Crippen MR) is 72.9 cm³/mol. The van der Waals surface area contributed by atoms with E-state index in [1.807, 2.05) is 0 Å². The maximum atomic E-state index is 13.5. The molecule has 19 heavy (non-hydrogen) atoms. The Hall–Kier alpha value is -2.07. The van der Waals surface area contributed by atoms with E-state index in [-0.39, 0.29) is 10.8 Å². The van der Waals surface area contributed by atoms with E-state index in [1.165, 1.54) is 18.2 Å². The molecule has 0 radical (unpaired) electrons. The summed E-state index contributed by atoms with van der Waals surface area (Å²) in [6.45, 7) is 0. The third-order valence-electron chi connectivity index (χ3n) is 2.87. The number of nitrogens with one attached hydrogen (secondary N) is 2. The molecule has 0 aliphatic heterocycles. The summed E-state index contributed by atoms with van der Waals surface area (Å²) in [4.78, 5) is 2.83. The Morgan fingerprint density at radius 2 is 1.79 bits per heavy atom. The lowest BCUT2D eigenvalue weighted by Gasteiger charge is -2.09. The molecule has 0 aliphatic rings. The fourth-order valence-electron chi connectivity index (χ4n) is 1.96. The van der Waals surface area contributed by atoms with Gasteiger partial charge >= 0.3 is 0 Å². The maximum absolute atomic E-state index is 13.5. The van der Waals surface area contributed by atoms with E-state index in [0.717, 1.165) is 11.1 Å². The van der Waals surface area contributed by atoms with Crippen molar-refractivity contribution in [1.29, 1.82) is 0 Å². The first-order valence-electron chi connectivity index (χ1n) is 5.63. The van der Waals surface area contributed by atoms with Gasteiger partial charge in [0.05, 0.1) is 10.5 Å². The predicted octanol–water partition coefficient (Wildman–Crippen LogP) is 4.84. The average molecular weight is 279 g/mol. The van der Waals surface area contributed by atoms with Gasteiger partial charge < -0.3 is 10.3 Å². The summed E-state index contributed by atoms with van der Waals surface area (Å²) < 4.78 is 26.6. The Morgan fingerprint density at radius 1 is 1.00 bits per heavy atom. The zero-order valence-corrected chi connectivity index (χ0v) is 10.4. The summed E-state index contributed by atoms with van der Waals surface area (Å²) in [6.07, 6.45) is 1.66. The third kappa shape index (κ3) is 2.15. The molecule has 2 N–H and O–H groups in total. The molecule has 0 amide bonds. The van der Waals surface area contributed by atoms with Crippen LogP contribution in [0.3, 0.4) is 0 Å². The van der Waals surface area contributed by atoms with Crippen LogP contribution in [0.25, 0.3) is 10.9 Å². The summed E-state index contributed by atoms with van der Waals surface area (Å²) >= 11 is 5.72. The maximum Gasteiger partial charge on any atom is 0.147 e. The van der Waals surface area contributed by atoms with Gasteiger partial charge in [0.25, 0.3) is 0 Å². The summed E-state index contributed by atoms with van der Waals surface area (Å²) in [5.41, 5.74) is 1.79. The van der Waals surface area contributed by atoms with Gasteiger partial charge in [-0.1, -0.05) is 11.6 Å². The minimum absolute atomic E-state index is 0.0393. The van der Waals surface area contributed by atoms with E-state index in [1.54, 1.807) is 24.4 Å². The van der Waals surface area contributed by atoms with Crippen LogP contribution in [0.2, 0.25) is 5.02 Å². The highest BCUT2D eigenvalue weighted by molar-refractivity contribution is 6.31. The van der Waals surface area contributed by atoms with Crippen LogP contribution in [0.5, 0.6) is 0 Å². The second kappa shape index (κ2) is 4.55. The van der Waals surface area contributed by atoms with Crippen LogP contribution < -0.4 is 5.32 Å². The lowest BCUT2D eigenvalue weighted by molar-refractivity contribution is 0.628. The van der Waals surface area contributed by atoms with Gasteiger partial charge in [0.15, 0.2) is 0 Å². The van der Waals surface area contributed by atoms with E-state index >= 15 is 0 Å². The molecule has 3 aromatic rings. The molecule has 96 valence electrons. The van der Waals surface area contributed by atoms with Crippen LogP contribution in [-0.2, 0) is 0 Å². The lowest BCUT2D eigenvalue weighted by Crippen LogP contribution is -1.92. The van der Waals surface area contributed by atoms with Gasteiger partial charge in [-0.05, 0) is 36.4 Å². The standard InChI is InChI=1S/C14H9ClF2N2/c15-10-7-8(1-2-11(10)16)19-13-4-3-12(17)14-9(13)5-6-18-14/h1-7,18-19H. The van der Waals surface area contributed by atoms with Crippen LogP contribution >= 0.6 is 11.6 Å². The fourth-order valence-corrected chi connectivity index (χ4v) is 2.14. The van der Waals surface area contributed by atoms with Crippen molar-refractivity contribution in [3.8, 4) is 0 Å². The number of halogens is 3. The second-order valence-corrected chi connectivity index (χ2v) is 4.52. The van der Waals surface area contributed by atoms with Crippen molar-refractivity contribution in [3.63, 3.8) is 0 Å². The smallest absolute Gasteiger partial charge is 0.147 e. The minimum atomic E-state index is -0.474. The molecule has 0 fully saturated rings. The monoisotopic (exact) mass is 278 g/mol. The number of aromatic amines is 1. The first-order chi connectivity index (χ1) is 9.15. The quantitative estimate of drug-likeness (QED) is 0.689. The molecule has 0 aliphatic carbocycles. The Labute approximate surface area is 113 Å². The van der Waals surface area contributed by atoms with Crippen molar-refractivity contribution < 1.29 is 8.78 Å². The fraction of sp³-hybridized carbons (Fsp3) is 0.